The van der Waals surface area contributed by atoms with E-state index in [0.29, 0.717) is 6.04 Å². The lowest BCUT2D eigenvalue weighted by atomic mass is 9.84. The monoisotopic (exact) mass is 240 g/mol. The lowest BCUT2D eigenvalue weighted by Gasteiger charge is -2.34. The number of nitrogens with two attached hydrogens (primary N) is 1. The molecule has 0 bridgehead atoms. The van der Waals surface area contributed by atoms with Crippen LogP contribution in [0.2, 0.25) is 0 Å². The number of hydrogen-bond donors (Lipinski definition) is 1. The lowest BCUT2D eigenvalue weighted by Crippen LogP contribution is -2.37. The largest absolute Gasteiger partial charge is 0.328 e. The van der Waals surface area contributed by atoms with Gasteiger partial charge in [0.05, 0.1) is 0 Å². The minimum absolute atomic E-state index is 0.412. The van der Waals surface area contributed by atoms with Crippen LogP contribution in [0.4, 0.5) is 0 Å². The molecule has 1 fully saturated rings. The molecule has 102 valence electrons. The molecule has 0 heterocycles. The number of rotatable bonds is 7. The van der Waals surface area contributed by atoms with Crippen LogP contribution in [0.25, 0.3) is 0 Å². The van der Waals surface area contributed by atoms with Crippen molar-refractivity contribution in [2.75, 3.05) is 13.6 Å². The molecule has 1 atom stereocenters. The van der Waals surface area contributed by atoms with E-state index >= 15 is 0 Å². The van der Waals surface area contributed by atoms with Crippen LogP contribution in [0.5, 0.6) is 0 Å². The molecule has 0 saturated heterocycles. The summed E-state index contributed by atoms with van der Waals surface area (Å²) < 4.78 is 0. The Morgan fingerprint density at radius 3 is 2.29 bits per heavy atom. The van der Waals surface area contributed by atoms with Crippen molar-refractivity contribution >= 4 is 0 Å². The molecule has 0 radical (unpaired) electrons. The van der Waals surface area contributed by atoms with Gasteiger partial charge in [0.25, 0.3) is 0 Å². The Balaban J connectivity index is 2.17. The lowest BCUT2D eigenvalue weighted by molar-refractivity contribution is 0.159. The SMILES string of the molecule is CCCC(N)CCN(C)C1CCC(CC)CC1. The molecule has 1 saturated carbocycles. The molecule has 1 rings (SSSR count). The van der Waals surface area contributed by atoms with Crippen molar-refractivity contribution in [2.24, 2.45) is 11.7 Å². The maximum Gasteiger partial charge on any atom is 0.00924 e. The zero-order valence-electron chi connectivity index (χ0n) is 12.1. The summed E-state index contributed by atoms with van der Waals surface area (Å²) in [5.41, 5.74) is 6.08. The summed E-state index contributed by atoms with van der Waals surface area (Å²) in [6, 6.07) is 1.24. The van der Waals surface area contributed by atoms with Gasteiger partial charge < -0.3 is 10.6 Å². The highest BCUT2D eigenvalue weighted by Crippen LogP contribution is 2.28. The van der Waals surface area contributed by atoms with Gasteiger partial charge in [-0.1, -0.05) is 26.7 Å². The van der Waals surface area contributed by atoms with Crippen LogP contribution in [0.15, 0.2) is 0 Å². The number of nitrogens with zero attached hydrogens (tertiary/aromatic N) is 1. The topological polar surface area (TPSA) is 29.3 Å². The second-order valence-corrected chi connectivity index (χ2v) is 5.90. The molecule has 0 aromatic heterocycles. The summed E-state index contributed by atoms with van der Waals surface area (Å²) in [7, 11) is 2.29. The van der Waals surface area contributed by atoms with E-state index in [-0.39, 0.29) is 0 Å². The van der Waals surface area contributed by atoms with Gasteiger partial charge in [0.2, 0.25) is 0 Å². The molecule has 1 unspecified atom stereocenters. The van der Waals surface area contributed by atoms with Crippen molar-refractivity contribution in [3.8, 4) is 0 Å². The molecule has 17 heavy (non-hydrogen) atoms. The first-order valence-corrected chi connectivity index (χ1v) is 7.63. The Bertz CT molecular complexity index is 185. The van der Waals surface area contributed by atoms with E-state index in [0.717, 1.165) is 18.4 Å². The normalized spacial score (nSPS) is 27.4. The van der Waals surface area contributed by atoms with E-state index in [1.165, 1.54) is 51.5 Å². The Labute approximate surface area is 108 Å². The van der Waals surface area contributed by atoms with Crippen LogP contribution in [0.3, 0.4) is 0 Å². The van der Waals surface area contributed by atoms with E-state index in [9.17, 15) is 0 Å². The van der Waals surface area contributed by atoms with E-state index < -0.39 is 0 Å². The first-order chi connectivity index (χ1) is 8.17. The highest BCUT2D eigenvalue weighted by atomic mass is 15.1. The van der Waals surface area contributed by atoms with Gasteiger partial charge >= 0.3 is 0 Å². The van der Waals surface area contributed by atoms with Crippen molar-refractivity contribution in [2.45, 2.75) is 77.3 Å². The zero-order valence-corrected chi connectivity index (χ0v) is 12.1. The minimum atomic E-state index is 0.412. The fourth-order valence-electron chi connectivity index (χ4n) is 3.06. The fraction of sp³-hybridized carbons (Fsp3) is 1.00. The van der Waals surface area contributed by atoms with Gasteiger partial charge in [0, 0.05) is 12.1 Å². The first-order valence-electron chi connectivity index (χ1n) is 7.63. The van der Waals surface area contributed by atoms with Crippen LogP contribution in [0, 0.1) is 5.92 Å². The van der Waals surface area contributed by atoms with Gasteiger partial charge in [-0.15, -0.1) is 0 Å². The number of hydrogen-bond acceptors (Lipinski definition) is 2. The van der Waals surface area contributed by atoms with Gasteiger partial charge in [0.1, 0.15) is 0 Å². The van der Waals surface area contributed by atoms with E-state index in [1.807, 2.05) is 0 Å². The molecular weight excluding hydrogens is 208 g/mol. The molecule has 1 aliphatic rings. The first kappa shape index (κ1) is 15.0. The van der Waals surface area contributed by atoms with E-state index in [4.69, 9.17) is 5.73 Å². The van der Waals surface area contributed by atoms with Crippen molar-refractivity contribution in [3.63, 3.8) is 0 Å². The summed E-state index contributed by atoms with van der Waals surface area (Å²) in [6.45, 7) is 5.73. The van der Waals surface area contributed by atoms with Crippen molar-refractivity contribution in [1.82, 2.24) is 4.90 Å². The van der Waals surface area contributed by atoms with Crippen LogP contribution in [0.1, 0.15) is 65.2 Å². The van der Waals surface area contributed by atoms with E-state index in [2.05, 4.69) is 25.8 Å². The predicted octanol–water partition coefficient (Wildman–Crippen LogP) is 3.40. The Morgan fingerprint density at radius 2 is 1.76 bits per heavy atom. The smallest absolute Gasteiger partial charge is 0.00924 e. The van der Waals surface area contributed by atoms with E-state index in [1.54, 1.807) is 0 Å². The van der Waals surface area contributed by atoms with Crippen LogP contribution >= 0.6 is 0 Å². The van der Waals surface area contributed by atoms with Crippen molar-refractivity contribution < 1.29 is 0 Å². The maximum absolute atomic E-state index is 6.08. The fourth-order valence-corrected chi connectivity index (χ4v) is 3.06. The quantitative estimate of drug-likeness (QED) is 0.739. The van der Waals surface area contributed by atoms with Crippen molar-refractivity contribution in [1.29, 1.82) is 0 Å². The molecular formula is C15H32N2. The van der Waals surface area contributed by atoms with Gasteiger partial charge in [-0.25, -0.2) is 0 Å². The second-order valence-electron chi connectivity index (χ2n) is 5.90. The van der Waals surface area contributed by atoms with Crippen LogP contribution in [-0.2, 0) is 0 Å². The average Bonchev–Trinajstić information content (AvgIpc) is 2.36. The summed E-state index contributed by atoms with van der Waals surface area (Å²) in [4.78, 5) is 2.56. The third-order valence-electron chi connectivity index (χ3n) is 4.53. The molecule has 0 amide bonds. The highest BCUT2D eigenvalue weighted by molar-refractivity contribution is 4.78. The third-order valence-corrected chi connectivity index (χ3v) is 4.53. The zero-order chi connectivity index (χ0) is 12.7. The second kappa shape index (κ2) is 8.10. The maximum atomic E-state index is 6.08. The van der Waals surface area contributed by atoms with Gasteiger partial charge in [0.15, 0.2) is 0 Å². The van der Waals surface area contributed by atoms with Crippen molar-refractivity contribution in [3.05, 3.63) is 0 Å². The molecule has 0 spiro atoms. The Hall–Kier alpha value is -0.0800. The molecule has 1 aliphatic carbocycles. The molecule has 0 aliphatic heterocycles. The summed E-state index contributed by atoms with van der Waals surface area (Å²) in [5, 5.41) is 0. The molecule has 0 aromatic rings. The van der Waals surface area contributed by atoms with Gasteiger partial charge in [-0.2, -0.15) is 0 Å². The standard InChI is InChI=1S/C15H32N2/c1-4-6-14(16)11-12-17(3)15-9-7-13(5-2)8-10-15/h13-15H,4-12,16H2,1-3H3. The molecule has 0 aromatic carbocycles. The summed E-state index contributed by atoms with van der Waals surface area (Å²) in [5.74, 6) is 1.00. The predicted molar refractivity (Wildman–Crippen MR) is 76.2 cm³/mol. The Morgan fingerprint density at radius 1 is 1.12 bits per heavy atom. The average molecular weight is 240 g/mol. The molecule has 2 heteroatoms. The van der Waals surface area contributed by atoms with Gasteiger partial charge in [-0.3, -0.25) is 0 Å². The third kappa shape index (κ3) is 5.39. The molecule has 2 nitrogen and oxygen atoms in total. The van der Waals surface area contributed by atoms with Gasteiger partial charge in [-0.05, 0) is 58.0 Å². The highest BCUT2D eigenvalue weighted by Gasteiger charge is 2.22. The Kier molecular flexibility index (Phi) is 7.14. The summed E-state index contributed by atoms with van der Waals surface area (Å²) >= 11 is 0. The summed E-state index contributed by atoms with van der Waals surface area (Å²) in [6.07, 6.45) is 10.6. The molecule has 2 N–H and O–H groups in total. The van der Waals surface area contributed by atoms with Crippen LogP contribution < -0.4 is 5.73 Å². The minimum Gasteiger partial charge on any atom is -0.328 e. The van der Waals surface area contributed by atoms with Crippen LogP contribution in [-0.4, -0.2) is 30.6 Å².